The predicted octanol–water partition coefficient (Wildman–Crippen LogP) is 6.48. The highest BCUT2D eigenvalue weighted by Crippen LogP contribution is 2.37. The third kappa shape index (κ3) is 9.98. The van der Waals surface area contributed by atoms with Gasteiger partial charge < -0.3 is 31.0 Å². The number of pyridine rings is 1. The number of nitrogen functional groups attached to an aromatic ring is 1. The number of halogens is 2. The van der Waals surface area contributed by atoms with Gasteiger partial charge in [-0.1, -0.05) is 52.0 Å². The fourth-order valence-electron chi connectivity index (χ4n) is 4.70. The average molecular weight is 587 g/mol. The minimum atomic E-state index is -0.389. The number of nitrogens with zero attached hydrogens (tertiary/aromatic N) is 3. The standard InChI is InChI=1S/C30H40ClFN6O3/c1-8-9-24(40)26(23(31)12-32)19(2)41-25-10-20(13-35-27(25)33)21-14-36-28(37-15-21)38-18-30(5,6)17-29(3,4)11-22(16-39)34-7/h8-10,12-16,22,34,40H,2,11,17-18H2,1,3-7H3,(H2,33,35)(H,36,37,38)/b9-8-,23-12-,26-24+. The maximum atomic E-state index is 13.2. The third-order valence-electron chi connectivity index (χ3n) is 6.28. The summed E-state index contributed by atoms with van der Waals surface area (Å²) in [6, 6.07) is 1.43. The summed E-state index contributed by atoms with van der Waals surface area (Å²) in [6.45, 7) is 14.7. The van der Waals surface area contributed by atoms with E-state index in [4.69, 9.17) is 22.1 Å². The summed E-state index contributed by atoms with van der Waals surface area (Å²) >= 11 is 5.93. The molecule has 1 unspecified atom stereocenters. The summed E-state index contributed by atoms with van der Waals surface area (Å²) in [5.74, 6) is 0.197. The first-order valence-electron chi connectivity index (χ1n) is 13.1. The Bertz CT molecular complexity index is 1310. The molecule has 1 atom stereocenters. The number of rotatable bonds is 15. The van der Waals surface area contributed by atoms with Crippen molar-refractivity contribution >= 4 is 29.7 Å². The van der Waals surface area contributed by atoms with Crippen LogP contribution < -0.4 is 21.1 Å². The van der Waals surface area contributed by atoms with Gasteiger partial charge in [0.2, 0.25) is 5.95 Å². The van der Waals surface area contributed by atoms with Crippen LogP contribution in [0.3, 0.4) is 0 Å². The second-order valence-electron chi connectivity index (χ2n) is 11.2. The molecule has 0 saturated heterocycles. The van der Waals surface area contributed by atoms with Crippen molar-refractivity contribution in [1.29, 1.82) is 0 Å². The molecule has 2 heterocycles. The van der Waals surface area contributed by atoms with Gasteiger partial charge in [-0.15, -0.1) is 0 Å². The molecule has 0 aliphatic rings. The molecule has 11 heteroatoms. The number of allylic oxidation sites excluding steroid dienone is 3. The van der Waals surface area contributed by atoms with Gasteiger partial charge in [0.1, 0.15) is 24.1 Å². The van der Waals surface area contributed by atoms with Crippen molar-refractivity contribution in [3.05, 3.63) is 71.8 Å². The minimum Gasteiger partial charge on any atom is -0.507 e. The van der Waals surface area contributed by atoms with Gasteiger partial charge in [-0.25, -0.2) is 19.3 Å². The van der Waals surface area contributed by atoms with Crippen LogP contribution in [0, 0.1) is 10.8 Å². The van der Waals surface area contributed by atoms with Crippen molar-refractivity contribution < 1.29 is 19.0 Å². The number of likely N-dealkylation sites (N-methyl/N-ethyl adjacent to an activating group) is 1. The van der Waals surface area contributed by atoms with E-state index in [1.165, 1.54) is 6.08 Å². The molecule has 222 valence electrons. The van der Waals surface area contributed by atoms with Gasteiger partial charge in [0.25, 0.3) is 0 Å². The highest BCUT2D eigenvalue weighted by atomic mass is 35.5. The summed E-state index contributed by atoms with van der Waals surface area (Å²) in [7, 11) is 1.79. The molecule has 0 bridgehead atoms. The van der Waals surface area contributed by atoms with Gasteiger partial charge in [-0.3, -0.25) is 0 Å². The zero-order chi connectivity index (χ0) is 30.8. The molecule has 2 aromatic rings. The monoisotopic (exact) mass is 586 g/mol. The number of aldehydes is 1. The number of nitrogens with one attached hydrogen (secondary N) is 2. The van der Waals surface area contributed by atoms with Gasteiger partial charge in [0, 0.05) is 36.3 Å². The molecule has 2 rings (SSSR count). The van der Waals surface area contributed by atoms with Crippen LogP contribution in [0.15, 0.2) is 71.8 Å². The number of ether oxygens (including phenoxy) is 1. The lowest BCUT2D eigenvalue weighted by molar-refractivity contribution is -0.110. The van der Waals surface area contributed by atoms with Crippen LogP contribution >= 0.6 is 11.6 Å². The Hall–Kier alpha value is -3.76. The molecule has 0 aliphatic carbocycles. The van der Waals surface area contributed by atoms with E-state index in [9.17, 15) is 14.3 Å². The largest absolute Gasteiger partial charge is 0.507 e. The summed E-state index contributed by atoms with van der Waals surface area (Å²) in [6.07, 6.45) is 10.4. The highest BCUT2D eigenvalue weighted by molar-refractivity contribution is 6.32. The summed E-state index contributed by atoms with van der Waals surface area (Å²) in [5, 5.41) is 16.2. The lowest BCUT2D eigenvalue weighted by Gasteiger charge is -2.36. The fraction of sp³-hybridized carbons (Fsp3) is 0.400. The molecular weight excluding hydrogens is 547 g/mol. The quantitative estimate of drug-likeness (QED) is 0.105. The number of aliphatic hydroxyl groups is 1. The van der Waals surface area contributed by atoms with Crippen molar-refractivity contribution in [3.8, 4) is 16.9 Å². The lowest BCUT2D eigenvalue weighted by atomic mass is 9.72. The van der Waals surface area contributed by atoms with Gasteiger partial charge in [-0.05, 0) is 49.8 Å². The Kier molecular flexibility index (Phi) is 12.0. The van der Waals surface area contributed by atoms with Crippen LogP contribution in [0.2, 0.25) is 0 Å². The van der Waals surface area contributed by atoms with Crippen LogP contribution in [0.1, 0.15) is 47.5 Å². The number of hydrogen-bond acceptors (Lipinski definition) is 9. The molecule has 9 nitrogen and oxygen atoms in total. The van der Waals surface area contributed by atoms with Crippen molar-refractivity contribution in [2.75, 3.05) is 24.6 Å². The molecule has 2 aromatic heterocycles. The van der Waals surface area contributed by atoms with Crippen LogP contribution in [0.4, 0.5) is 16.2 Å². The minimum absolute atomic E-state index is 0.0484. The number of aliphatic hydroxyl groups excluding tert-OH is 1. The van der Waals surface area contributed by atoms with Gasteiger partial charge in [-0.2, -0.15) is 0 Å². The Balaban J connectivity index is 2.16. The normalized spacial score (nSPS) is 14.0. The van der Waals surface area contributed by atoms with Crippen molar-refractivity contribution in [2.45, 2.75) is 53.5 Å². The molecule has 0 saturated carbocycles. The molecule has 0 aromatic carbocycles. The maximum Gasteiger partial charge on any atom is 0.222 e. The lowest BCUT2D eigenvalue weighted by Crippen LogP contribution is -2.36. The summed E-state index contributed by atoms with van der Waals surface area (Å²) < 4.78 is 18.9. The van der Waals surface area contributed by atoms with Crippen molar-refractivity contribution in [3.63, 3.8) is 0 Å². The molecule has 41 heavy (non-hydrogen) atoms. The van der Waals surface area contributed by atoms with Crippen molar-refractivity contribution in [2.24, 2.45) is 10.8 Å². The Morgan fingerprint density at radius 2 is 1.83 bits per heavy atom. The van der Waals surface area contributed by atoms with Crippen LogP contribution in [0.25, 0.3) is 11.1 Å². The summed E-state index contributed by atoms with van der Waals surface area (Å²) in [4.78, 5) is 24.3. The number of anilines is 2. The van der Waals surface area contributed by atoms with E-state index in [0.717, 1.165) is 19.1 Å². The van der Waals surface area contributed by atoms with E-state index in [1.54, 1.807) is 44.7 Å². The molecule has 5 N–H and O–H groups in total. The van der Waals surface area contributed by atoms with Crippen LogP contribution in [-0.2, 0) is 4.79 Å². The number of nitrogens with two attached hydrogens (primary N) is 1. The second kappa shape index (κ2) is 14.7. The fourth-order valence-corrected chi connectivity index (χ4v) is 4.91. The maximum absolute atomic E-state index is 13.2. The number of carbonyl (C=O) groups excluding carboxylic acids is 1. The van der Waals surface area contributed by atoms with Gasteiger partial charge in [0.15, 0.2) is 11.6 Å². The number of hydrogen-bond donors (Lipinski definition) is 4. The van der Waals surface area contributed by atoms with E-state index < -0.39 is 0 Å². The van der Waals surface area contributed by atoms with Crippen LogP contribution in [0.5, 0.6) is 5.75 Å². The predicted molar refractivity (Wildman–Crippen MR) is 163 cm³/mol. The molecule has 0 fully saturated rings. The highest BCUT2D eigenvalue weighted by Gasteiger charge is 2.31. The van der Waals surface area contributed by atoms with E-state index in [-0.39, 0.29) is 56.9 Å². The number of aromatic nitrogens is 3. The topological polar surface area (TPSA) is 135 Å². The zero-order valence-corrected chi connectivity index (χ0v) is 25.2. The first kappa shape index (κ1) is 33.4. The summed E-state index contributed by atoms with van der Waals surface area (Å²) in [5.41, 5.74) is 6.99. The van der Waals surface area contributed by atoms with E-state index >= 15 is 0 Å². The molecule has 0 aliphatic heterocycles. The second-order valence-corrected chi connectivity index (χ2v) is 11.6. The molecule has 0 radical (unpaired) electrons. The molecule has 0 amide bonds. The first-order chi connectivity index (χ1) is 19.3. The SMILES string of the molecule is C=C(Oc1cc(-c2cnc(NCC(C)(C)CC(C)(C)CC(C=O)NC)nc2)cnc1N)C(/C(Cl)=C/F)=C(O)/C=C\C. The first-order valence-corrected chi connectivity index (χ1v) is 13.5. The van der Waals surface area contributed by atoms with Crippen LogP contribution in [-0.4, -0.2) is 46.0 Å². The van der Waals surface area contributed by atoms with Gasteiger partial charge >= 0.3 is 0 Å². The van der Waals surface area contributed by atoms with E-state index in [1.807, 2.05) is 0 Å². The van der Waals surface area contributed by atoms with E-state index in [0.29, 0.717) is 23.6 Å². The van der Waals surface area contributed by atoms with Gasteiger partial charge in [0.05, 0.1) is 16.6 Å². The Labute approximate surface area is 246 Å². The average Bonchev–Trinajstić information content (AvgIpc) is 2.91. The molecular formula is C30H40ClFN6O3. The zero-order valence-electron chi connectivity index (χ0n) is 24.5. The Morgan fingerprint density at radius 1 is 1.20 bits per heavy atom. The Morgan fingerprint density at radius 3 is 2.39 bits per heavy atom. The van der Waals surface area contributed by atoms with Crippen molar-refractivity contribution in [1.82, 2.24) is 20.3 Å². The smallest absolute Gasteiger partial charge is 0.222 e. The number of carbonyl (C=O) groups is 1. The third-order valence-corrected chi connectivity index (χ3v) is 6.56. The van der Waals surface area contributed by atoms with E-state index in [2.05, 4.69) is 59.9 Å². The molecule has 0 spiro atoms.